The minimum atomic E-state index is -4.01. The molecule has 0 spiro atoms. The van der Waals surface area contributed by atoms with Gasteiger partial charge in [-0.3, -0.25) is 9.78 Å². The first-order valence-corrected chi connectivity index (χ1v) is 10.8. The van der Waals surface area contributed by atoms with Crippen LogP contribution in [0.1, 0.15) is 21.6 Å². The van der Waals surface area contributed by atoms with E-state index in [9.17, 15) is 17.6 Å². The van der Waals surface area contributed by atoms with Crippen molar-refractivity contribution in [1.29, 1.82) is 0 Å². The summed E-state index contributed by atoms with van der Waals surface area (Å²) in [7, 11) is -1.42. The predicted molar refractivity (Wildman–Crippen MR) is 113 cm³/mol. The average Bonchev–Trinajstić information content (AvgIpc) is 2.77. The van der Waals surface area contributed by atoms with E-state index in [1.54, 1.807) is 24.4 Å². The van der Waals surface area contributed by atoms with Crippen LogP contribution in [0, 0.1) is 5.82 Å². The number of nitrogens with zero attached hydrogens (tertiary/aromatic N) is 2. The van der Waals surface area contributed by atoms with Crippen LogP contribution in [0.25, 0.3) is 0 Å². The molecule has 7 nitrogen and oxygen atoms in total. The number of carbonyl (C=O) groups excluding carboxylic acids is 1. The van der Waals surface area contributed by atoms with Gasteiger partial charge in [-0.05, 0) is 48.0 Å². The number of ether oxygens (including phenoxy) is 1. The summed E-state index contributed by atoms with van der Waals surface area (Å²) < 4.78 is 45.1. The lowest BCUT2D eigenvalue weighted by Gasteiger charge is -2.13. The minimum absolute atomic E-state index is 0.0457. The minimum Gasteiger partial charge on any atom is -0.487 e. The number of benzene rings is 2. The zero-order valence-corrected chi connectivity index (χ0v) is 17.9. The summed E-state index contributed by atoms with van der Waals surface area (Å²) >= 11 is 0. The Morgan fingerprint density at radius 1 is 1.10 bits per heavy atom. The topological polar surface area (TPSA) is 88.6 Å². The lowest BCUT2D eigenvalue weighted by Crippen LogP contribution is -2.26. The van der Waals surface area contributed by atoms with Crippen LogP contribution >= 0.6 is 0 Å². The normalized spacial score (nSPS) is 11.4. The third kappa shape index (κ3) is 5.65. The molecular formula is C22H22FN3O4S. The molecule has 0 aliphatic carbocycles. The zero-order valence-electron chi connectivity index (χ0n) is 17.1. The van der Waals surface area contributed by atoms with Crippen molar-refractivity contribution in [3.8, 4) is 5.75 Å². The van der Waals surface area contributed by atoms with Gasteiger partial charge in [-0.15, -0.1) is 0 Å². The highest BCUT2D eigenvalue weighted by Gasteiger charge is 2.23. The lowest BCUT2D eigenvalue weighted by molar-refractivity contribution is 0.0950. The second-order valence-corrected chi connectivity index (χ2v) is 8.99. The molecule has 31 heavy (non-hydrogen) atoms. The summed E-state index contributed by atoms with van der Waals surface area (Å²) in [6.07, 6.45) is 1.69. The Morgan fingerprint density at radius 3 is 2.61 bits per heavy atom. The number of rotatable bonds is 8. The molecule has 162 valence electrons. The van der Waals surface area contributed by atoms with Gasteiger partial charge < -0.3 is 10.1 Å². The molecule has 0 saturated carbocycles. The SMILES string of the molecule is CN(C)S(=O)(=O)c1cc(C(=O)NCc2cccc(OCc3ccccn3)c2)ccc1F. The summed E-state index contributed by atoms with van der Waals surface area (Å²) in [6, 6.07) is 16.0. The van der Waals surface area contributed by atoms with Crippen LogP contribution in [0.5, 0.6) is 5.75 Å². The van der Waals surface area contributed by atoms with Crippen LogP contribution < -0.4 is 10.1 Å². The lowest BCUT2D eigenvalue weighted by atomic mass is 10.2. The molecule has 1 aromatic heterocycles. The van der Waals surface area contributed by atoms with Crippen LogP contribution in [0.3, 0.4) is 0 Å². The van der Waals surface area contributed by atoms with Crippen molar-refractivity contribution in [2.24, 2.45) is 0 Å². The van der Waals surface area contributed by atoms with E-state index in [0.717, 1.165) is 27.7 Å². The molecule has 0 aliphatic heterocycles. The molecule has 3 rings (SSSR count). The van der Waals surface area contributed by atoms with Crippen LogP contribution in [0.4, 0.5) is 4.39 Å². The van der Waals surface area contributed by atoms with Gasteiger partial charge in [0.15, 0.2) is 0 Å². The number of sulfonamides is 1. The Labute approximate surface area is 180 Å². The Balaban J connectivity index is 1.66. The average molecular weight is 444 g/mol. The number of carbonyl (C=O) groups is 1. The molecule has 9 heteroatoms. The summed E-state index contributed by atoms with van der Waals surface area (Å²) in [6.45, 7) is 0.502. The zero-order chi connectivity index (χ0) is 22.4. The molecule has 0 bridgehead atoms. The second-order valence-electron chi connectivity index (χ2n) is 6.87. The van der Waals surface area contributed by atoms with Crippen molar-refractivity contribution in [1.82, 2.24) is 14.6 Å². The maximum Gasteiger partial charge on any atom is 0.251 e. The van der Waals surface area contributed by atoms with Gasteiger partial charge in [0.1, 0.15) is 23.1 Å². The van der Waals surface area contributed by atoms with E-state index in [0.29, 0.717) is 12.4 Å². The monoisotopic (exact) mass is 443 g/mol. The Kier molecular flexibility index (Phi) is 6.98. The standard InChI is InChI=1S/C22H22FN3O4S/c1-26(2)31(28,29)21-13-17(9-10-20(21)23)22(27)25-14-16-6-5-8-19(12-16)30-15-18-7-3-4-11-24-18/h3-13H,14-15H2,1-2H3,(H,25,27). The number of hydrogen-bond acceptors (Lipinski definition) is 5. The molecule has 0 atom stereocenters. The number of hydrogen-bond donors (Lipinski definition) is 1. The van der Waals surface area contributed by atoms with Gasteiger partial charge >= 0.3 is 0 Å². The third-order valence-electron chi connectivity index (χ3n) is 4.42. The van der Waals surface area contributed by atoms with Crippen molar-refractivity contribution >= 4 is 15.9 Å². The second kappa shape index (κ2) is 9.67. The Bertz CT molecular complexity index is 1170. The summed E-state index contributed by atoms with van der Waals surface area (Å²) in [5.41, 5.74) is 1.63. The van der Waals surface area contributed by atoms with Crippen molar-refractivity contribution in [2.45, 2.75) is 18.0 Å². The highest BCUT2D eigenvalue weighted by atomic mass is 32.2. The number of amides is 1. The molecule has 2 aromatic carbocycles. The molecule has 0 unspecified atom stereocenters. The molecular weight excluding hydrogens is 421 g/mol. The quantitative estimate of drug-likeness (QED) is 0.578. The van der Waals surface area contributed by atoms with Crippen molar-refractivity contribution in [3.05, 3.63) is 89.5 Å². The summed E-state index contributed by atoms with van der Waals surface area (Å²) in [5.74, 6) is -0.809. The number of halogens is 1. The van der Waals surface area contributed by atoms with E-state index in [1.807, 2.05) is 24.3 Å². The fraction of sp³-hybridized carbons (Fsp3) is 0.182. The molecule has 1 N–H and O–H groups in total. The molecule has 0 saturated heterocycles. The summed E-state index contributed by atoms with van der Waals surface area (Å²) in [5, 5.41) is 2.71. The molecule has 1 amide bonds. The maximum atomic E-state index is 14.0. The molecule has 0 fully saturated rings. The number of aromatic nitrogens is 1. The Morgan fingerprint density at radius 2 is 1.90 bits per heavy atom. The number of nitrogens with one attached hydrogen (secondary N) is 1. The fourth-order valence-electron chi connectivity index (χ4n) is 2.71. The van der Waals surface area contributed by atoms with Gasteiger partial charge in [0.2, 0.25) is 10.0 Å². The fourth-order valence-corrected chi connectivity index (χ4v) is 3.69. The van der Waals surface area contributed by atoms with Crippen molar-refractivity contribution < 1.29 is 22.3 Å². The van der Waals surface area contributed by atoms with E-state index in [-0.39, 0.29) is 12.1 Å². The van der Waals surface area contributed by atoms with Gasteiger partial charge in [-0.25, -0.2) is 17.1 Å². The predicted octanol–water partition coefficient (Wildman–Crippen LogP) is 2.98. The van der Waals surface area contributed by atoms with E-state index < -0.39 is 26.6 Å². The van der Waals surface area contributed by atoms with E-state index in [4.69, 9.17) is 4.74 Å². The third-order valence-corrected chi connectivity index (χ3v) is 6.25. The number of pyridine rings is 1. The smallest absolute Gasteiger partial charge is 0.251 e. The van der Waals surface area contributed by atoms with E-state index in [2.05, 4.69) is 10.3 Å². The van der Waals surface area contributed by atoms with E-state index in [1.165, 1.54) is 20.2 Å². The van der Waals surface area contributed by atoms with Crippen LogP contribution in [0.15, 0.2) is 71.8 Å². The highest BCUT2D eigenvalue weighted by Crippen LogP contribution is 2.20. The van der Waals surface area contributed by atoms with Crippen molar-refractivity contribution in [2.75, 3.05) is 14.1 Å². The molecule has 0 aliphatic rings. The van der Waals surface area contributed by atoms with Gasteiger partial charge in [0.05, 0.1) is 5.69 Å². The Hall–Kier alpha value is -3.30. The molecule has 3 aromatic rings. The summed E-state index contributed by atoms with van der Waals surface area (Å²) in [4.78, 5) is 16.1. The van der Waals surface area contributed by atoms with Gasteiger partial charge in [-0.2, -0.15) is 0 Å². The highest BCUT2D eigenvalue weighted by molar-refractivity contribution is 7.89. The largest absolute Gasteiger partial charge is 0.487 e. The molecule has 1 heterocycles. The first-order chi connectivity index (χ1) is 14.8. The van der Waals surface area contributed by atoms with Crippen LogP contribution in [0.2, 0.25) is 0 Å². The van der Waals surface area contributed by atoms with Crippen LogP contribution in [-0.2, 0) is 23.2 Å². The van der Waals surface area contributed by atoms with Gasteiger partial charge in [-0.1, -0.05) is 18.2 Å². The van der Waals surface area contributed by atoms with E-state index >= 15 is 0 Å². The van der Waals surface area contributed by atoms with Crippen molar-refractivity contribution in [3.63, 3.8) is 0 Å². The first-order valence-electron chi connectivity index (χ1n) is 9.39. The maximum absolute atomic E-state index is 14.0. The molecule has 0 radical (unpaired) electrons. The first kappa shape index (κ1) is 22.4. The van der Waals surface area contributed by atoms with Gasteiger partial charge in [0, 0.05) is 32.4 Å². The van der Waals surface area contributed by atoms with Gasteiger partial charge in [0.25, 0.3) is 5.91 Å². The van der Waals surface area contributed by atoms with Crippen LogP contribution in [-0.4, -0.2) is 37.7 Å².